The molecule has 17 heavy (non-hydrogen) atoms. The number of aromatic amines is 1. The Morgan fingerprint density at radius 1 is 1.35 bits per heavy atom. The summed E-state index contributed by atoms with van der Waals surface area (Å²) in [5.74, 6) is 1.29. The number of nitrogens with one attached hydrogen (secondary N) is 1. The molecule has 0 aliphatic rings. The van der Waals surface area contributed by atoms with E-state index in [0.717, 1.165) is 12.2 Å². The van der Waals surface area contributed by atoms with Gasteiger partial charge in [-0.2, -0.15) is 0 Å². The molecular weight excluding hydrogens is 220 g/mol. The van der Waals surface area contributed by atoms with Gasteiger partial charge in [-0.25, -0.2) is 4.79 Å². The van der Waals surface area contributed by atoms with Crippen LogP contribution < -0.4 is 11.2 Å². The molecule has 0 amide bonds. The third kappa shape index (κ3) is 2.22. The average molecular weight is 234 g/mol. The van der Waals surface area contributed by atoms with Crippen LogP contribution >= 0.6 is 0 Å². The fourth-order valence-corrected chi connectivity index (χ4v) is 1.74. The van der Waals surface area contributed by atoms with Gasteiger partial charge in [-0.3, -0.25) is 14.3 Å². The summed E-state index contributed by atoms with van der Waals surface area (Å²) in [5.41, 5.74) is -0.288. The van der Waals surface area contributed by atoms with E-state index in [-0.39, 0.29) is 0 Å². The molecule has 90 valence electrons. The summed E-state index contributed by atoms with van der Waals surface area (Å²) in [6.07, 6.45) is 0.804. The fraction of sp³-hybridized carbons (Fsp3) is 0.333. The highest BCUT2D eigenvalue weighted by atomic mass is 16.3. The van der Waals surface area contributed by atoms with Crippen molar-refractivity contribution in [1.29, 1.82) is 0 Å². The number of aryl methyl sites for hydroxylation is 1. The summed E-state index contributed by atoms with van der Waals surface area (Å²) < 4.78 is 6.97. The SMILES string of the molecule is CCCn1c(-c2ccc(C)o2)cc(=O)[nH]c1=O. The molecule has 0 fully saturated rings. The molecule has 2 heterocycles. The summed E-state index contributed by atoms with van der Waals surface area (Å²) in [6.45, 7) is 4.33. The van der Waals surface area contributed by atoms with Crippen molar-refractivity contribution in [3.63, 3.8) is 0 Å². The minimum Gasteiger partial charge on any atom is -0.460 e. The van der Waals surface area contributed by atoms with Crippen LogP contribution in [0.4, 0.5) is 0 Å². The van der Waals surface area contributed by atoms with Gasteiger partial charge in [-0.1, -0.05) is 6.92 Å². The lowest BCUT2D eigenvalue weighted by atomic mass is 10.3. The highest BCUT2D eigenvalue weighted by Gasteiger charge is 2.10. The van der Waals surface area contributed by atoms with Crippen LogP contribution in [0.3, 0.4) is 0 Å². The summed E-state index contributed by atoms with van der Waals surface area (Å²) in [6, 6.07) is 4.95. The molecule has 2 rings (SSSR count). The third-order valence-corrected chi connectivity index (χ3v) is 2.47. The molecule has 0 aliphatic heterocycles. The molecule has 5 nitrogen and oxygen atoms in total. The molecule has 0 atom stereocenters. The maximum atomic E-state index is 11.7. The van der Waals surface area contributed by atoms with Gasteiger partial charge in [0.25, 0.3) is 5.56 Å². The smallest absolute Gasteiger partial charge is 0.328 e. The molecule has 5 heteroatoms. The predicted octanol–water partition coefficient (Wildman–Crippen LogP) is 1.52. The quantitative estimate of drug-likeness (QED) is 0.875. The van der Waals surface area contributed by atoms with Crippen molar-refractivity contribution in [2.75, 3.05) is 0 Å². The molecule has 2 aromatic heterocycles. The standard InChI is InChI=1S/C12H14N2O3/c1-3-6-14-9(7-11(15)13-12(14)16)10-5-4-8(2)17-10/h4-5,7H,3,6H2,1-2H3,(H,13,15,16). The number of rotatable bonds is 3. The van der Waals surface area contributed by atoms with Gasteiger partial charge in [0, 0.05) is 12.6 Å². The van der Waals surface area contributed by atoms with Gasteiger partial charge in [0.05, 0.1) is 5.69 Å². The summed E-state index contributed by atoms with van der Waals surface area (Å²) in [5, 5.41) is 0. The zero-order valence-electron chi connectivity index (χ0n) is 9.82. The first kappa shape index (κ1) is 11.4. The molecular formula is C12H14N2O3. The molecule has 0 aromatic carbocycles. The molecule has 0 spiro atoms. The maximum Gasteiger partial charge on any atom is 0.328 e. The van der Waals surface area contributed by atoms with E-state index in [1.54, 1.807) is 12.1 Å². The van der Waals surface area contributed by atoms with E-state index in [1.807, 2.05) is 13.8 Å². The van der Waals surface area contributed by atoms with E-state index in [1.165, 1.54) is 10.6 Å². The Labute approximate surface area is 97.7 Å². The first-order valence-electron chi connectivity index (χ1n) is 5.53. The van der Waals surface area contributed by atoms with Gasteiger partial charge in [-0.15, -0.1) is 0 Å². The van der Waals surface area contributed by atoms with Crippen LogP contribution in [-0.4, -0.2) is 9.55 Å². The number of aromatic nitrogens is 2. The van der Waals surface area contributed by atoms with Gasteiger partial charge in [-0.05, 0) is 25.5 Å². The molecule has 0 saturated carbocycles. The maximum absolute atomic E-state index is 11.7. The highest BCUT2D eigenvalue weighted by Crippen LogP contribution is 2.19. The van der Waals surface area contributed by atoms with Crippen molar-refractivity contribution < 1.29 is 4.42 Å². The van der Waals surface area contributed by atoms with Crippen LogP contribution in [0.2, 0.25) is 0 Å². The summed E-state index contributed by atoms with van der Waals surface area (Å²) in [4.78, 5) is 25.3. The van der Waals surface area contributed by atoms with Gasteiger partial charge < -0.3 is 4.42 Å². The first-order valence-corrected chi connectivity index (χ1v) is 5.53. The van der Waals surface area contributed by atoms with Gasteiger partial charge in [0.2, 0.25) is 0 Å². The van der Waals surface area contributed by atoms with E-state index in [4.69, 9.17) is 4.42 Å². The van der Waals surface area contributed by atoms with Gasteiger partial charge in [0.15, 0.2) is 5.76 Å². The monoisotopic (exact) mass is 234 g/mol. The third-order valence-electron chi connectivity index (χ3n) is 2.47. The van der Waals surface area contributed by atoms with Crippen molar-refractivity contribution in [2.24, 2.45) is 0 Å². The van der Waals surface area contributed by atoms with Crippen molar-refractivity contribution >= 4 is 0 Å². The topological polar surface area (TPSA) is 68.0 Å². The average Bonchev–Trinajstić information content (AvgIpc) is 2.68. The van der Waals surface area contributed by atoms with Crippen LogP contribution in [0.1, 0.15) is 19.1 Å². The molecule has 0 aliphatic carbocycles. The van der Waals surface area contributed by atoms with Crippen LogP contribution in [-0.2, 0) is 6.54 Å². The van der Waals surface area contributed by atoms with E-state index >= 15 is 0 Å². The Kier molecular flexibility index (Phi) is 2.99. The molecule has 0 unspecified atom stereocenters. The minimum absolute atomic E-state index is 0.400. The van der Waals surface area contributed by atoms with Gasteiger partial charge in [0.1, 0.15) is 5.76 Å². The Bertz CT molecular complexity index is 634. The number of furan rings is 1. The second-order valence-electron chi connectivity index (χ2n) is 3.89. The van der Waals surface area contributed by atoms with Crippen molar-refractivity contribution in [3.8, 4) is 11.5 Å². The fourth-order valence-electron chi connectivity index (χ4n) is 1.74. The lowest BCUT2D eigenvalue weighted by Gasteiger charge is -2.08. The van der Waals surface area contributed by atoms with Crippen molar-refractivity contribution in [2.45, 2.75) is 26.8 Å². The Morgan fingerprint density at radius 2 is 2.12 bits per heavy atom. The second kappa shape index (κ2) is 4.45. The van der Waals surface area contributed by atoms with Crippen LogP contribution in [0.25, 0.3) is 11.5 Å². The largest absolute Gasteiger partial charge is 0.460 e. The number of hydrogen-bond donors (Lipinski definition) is 1. The summed E-state index contributed by atoms with van der Waals surface area (Å²) in [7, 11) is 0. The summed E-state index contributed by atoms with van der Waals surface area (Å²) >= 11 is 0. The van der Waals surface area contributed by atoms with E-state index < -0.39 is 11.2 Å². The van der Waals surface area contributed by atoms with E-state index in [2.05, 4.69) is 4.98 Å². The molecule has 0 saturated heterocycles. The molecule has 0 bridgehead atoms. The lowest BCUT2D eigenvalue weighted by molar-refractivity contribution is 0.534. The van der Waals surface area contributed by atoms with Crippen LogP contribution in [0.15, 0.2) is 32.2 Å². The normalized spacial score (nSPS) is 10.7. The zero-order valence-corrected chi connectivity index (χ0v) is 9.82. The highest BCUT2D eigenvalue weighted by molar-refractivity contribution is 5.52. The van der Waals surface area contributed by atoms with Crippen molar-refractivity contribution in [3.05, 3.63) is 44.8 Å². The van der Waals surface area contributed by atoms with Gasteiger partial charge >= 0.3 is 5.69 Å². The molecule has 0 radical (unpaired) electrons. The second-order valence-corrected chi connectivity index (χ2v) is 3.89. The number of nitrogens with zero attached hydrogens (tertiary/aromatic N) is 1. The van der Waals surface area contributed by atoms with E-state index in [9.17, 15) is 9.59 Å². The first-order chi connectivity index (χ1) is 8.11. The predicted molar refractivity (Wildman–Crippen MR) is 64.1 cm³/mol. The Morgan fingerprint density at radius 3 is 2.71 bits per heavy atom. The number of H-pyrrole nitrogens is 1. The minimum atomic E-state index is -0.411. The lowest BCUT2D eigenvalue weighted by Crippen LogP contribution is -2.30. The van der Waals surface area contributed by atoms with Crippen LogP contribution in [0, 0.1) is 6.92 Å². The van der Waals surface area contributed by atoms with Crippen LogP contribution in [0.5, 0.6) is 0 Å². The Balaban J connectivity index is 2.66. The Hall–Kier alpha value is -2.04. The zero-order chi connectivity index (χ0) is 12.4. The molecule has 2 aromatic rings. The molecule has 1 N–H and O–H groups in total. The van der Waals surface area contributed by atoms with E-state index in [0.29, 0.717) is 18.0 Å². The number of hydrogen-bond acceptors (Lipinski definition) is 3. The van der Waals surface area contributed by atoms with Crippen molar-refractivity contribution in [1.82, 2.24) is 9.55 Å².